The second-order valence-electron chi connectivity index (χ2n) is 3.55. The van der Waals surface area contributed by atoms with E-state index in [9.17, 15) is 4.79 Å². The highest BCUT2D eigenvalue weighted by Crippen LogP contribution is 2.16. The third-order valence-electron chi connectivity index (χ3n) is 2.30. The Kier molecular flexibility index (Phi) is 3.88. The molecule has 2 N–H and O–H groups in total. The summed E-state index contributed by atoms with van der Waals surface area (Å²) in [6.45, 7) is 0.586. The molecule has 1 aromatic heterocycles. The van der Waals surface area contributed by atoms with E-state index in [0.29, 0.717) is 12.4 Å². The smallest absolute Gasteiger partial charge is 0.356 e. The average molecular weight is 308 g/mol. The van der Waals surface area contributed by atoms with Crippen LogP contribution >= 0.6 is 15.9 Å². The van der Waals surface area contributed by atoms with Gasteiger partial charge in [-0.25, -0.2) is 4.79 Å². The van der Waals surface area contributed by atoms with Crippen LogP contribution in [-0.4, -0.2) is 21.3 Å². The summed E-state index contributed by atoms with van der Waals surface area (Å²) in [5.74, 6) is -0.546. The standard InChI is InChI=1S/C12H10BrN3O2/c13-9-4-2-1-3-8(9)7-14-11-6-5-10(12(17)18)15-16-11/h1-6H,7H2,(H,14,16)(H,17,18). The number of carboxylic acids is 1. The monoisotopic (exact) mass is 307 g/mol. The normalized spacial score (nSPS) is 10.1. The van der Waals surface area contributed by atoms with Crippen LogP contribution in [0, 0.1) is 0 Å². The van der Waals surface area contributed by atoms with Crippen molar-refractivity contribution in [2.75, 3.05) is 5.32 Å². The number of halogens is 1. The molecule has 92 valence electrons. The minimum Gasteiger partial charge on any atom is -0.476 e. The molecule has 0 aliphatic rings. The van der Waals surface area contributed by atoms with Crippen LogP contribution in [0.2, 0.25) is 0 Å². The molecular weight excluding hydrogens is 298 g/mol. The first-order valence-electron chi connectivity index (χ1n) is 5.21. The summed E-state index contributed by atoms with van der Waals surface area (Å²) >= 11 is 3.45. The Hall–Kier alpha value is -1.95. The molecule has 0 radical (unpaired) electrons. The number of anilines is 1. The maximum atomic E-state index is 10.6. The van der Waals surface area contributed by atoms with E-state index >= 15 is 0 Å². The molecule has 2 aromatic rings. The first-order chi connectivity index (χ1) is 8.66. The first kappa shape index (κ1) is 12.5. The topological polar surface area (TPSA) is 75.1 Å². The van der Waals surface area contributed by atoms with Crippen LogP contribution in [0.15, 0.2) is 40.9 Å². The number of benzene rings is 1. The number of rotatable bonds is 4. The Morgan fingerprint density at radius 2 is 2.00 bits per heavy atom. The van der Waals surface area contributed by atoms with E-state index in [0.717, 1.165) is 10.0 Å². The van der Waals surface area contributed by atoms with Crippen LogP contribution in [-0.2, 0) is 6.54 Å². The Morgan fingerprint density at radius 3 is 2.61 bits per heavy atom. The van der Waals surface area contributed by atoms with E-state index < -0.39 is 5.97 Å². The van der Waals surface area contributed by atoms with E-state index in [1.807, 2.05) is 24.3 Å². The number of hydrogen-bond donors (Lipinski definition) is 2. The number of aromatic carboxylic acids is 1. The minimum absolute atomic E-state index is 0.0681. The summed E-state index contributed by atoms with van der Waals surface area (Å²) < 4.78 is 1.01. The van der Waals surface area contributed by atoms with Gasteiger partial charge in [0.2, 0.25) is 0 Å². The molecular formula is C12H10BrN3O2. The Labute approximate surface area is 112 Å². The minimum atomic E-state index is -1.08. The summed E-state index contributed by atoms with van der Waals surface area (Å²) in [7, 11) is 0. The highest BCUT2D eigenvalue weighted by atomic mass is 79.9. The lowest BCUT2D eigenvalue weighted by molar-refractivity contribution is 0.0689. The molecule has 0 saturated carbocycles. The van der Waals surface area contributed by atoms with Crippen molar-refractivity contribution in [1.29, 1.82) is 0 Å². The molecule has 0 bridgehead atoms. The van der Waals surface area contributed by atoms with Crippen molar-refractivity contribution in [3.63, 3.8) is 0 Å². The van der Waals surface area contributed by atoms with Crippen molar-refractivity contribution >= 4 is 27.7 Å². The number of nitrogens with zero attached hydrogens (tertiary/aromatic N) is 2. The molecule has 2 rings (SSSR count). The van der Waals surface area contributed by atoms with Gasteiger partial charge in [0, 0.05) is 11.0 Å². The van der Waals surface area contributed by atoms with Gasteiger partial charge in [0.05, 0.1) is 0 Å². The average Bonchev–Trinajstić information content (AvgIpc) is 2.38. The molecule has 5 nitrogen and oxygen atoms in total. The van der Waals surface area contributed by atoms with E-state index in [4.69, 9.17) is 5.11 Å². The number of aromatic nitrogens is 2. The van der Waals surface area contributed by atoms with Gasteiger partial charge in [0.15, 0.2) is 5.69 Å². The number of hydrogen-bond acceptors (Lipinski definition) is 4. The van der Waals surface area contributed by atoms with Gasteiger partial charge in [-0.2, -0.15) is 0 Å². The van der Waals surface area contributed by atoms with Crippen LogP contribution in [0.5, 0.6) is 0 Å². The maximum Gasteiger partial charge on any atom is 0.356 e. The second-order valence-corrected chi connectivity index (χ2v) is 4.41. The highest BCUT2D eigenvalue weighted by Gasteiger charge is 2.05. The summed E-state index contributed by atoms with van der Waals surface area (Å²) in [4.78, 5) is 10.6. The van der Waals surface area contributed by atoms with Crippen molar-refractivity contribution in [3.8, 4) is 0 Å². The highest BCUT2D eigenvalue weighted by molar-refractivity contribution is 9.10. The van der Waals surface area contributed by atoms with Crippen molar-refractivity contribution in [2.24, 2.45) is 0 Å². The fourth-order valence-corrected chi connectivity index (χ4v) is 1.79. The van der Waals surface area contributed by atoms with Crippen LogP contribution in [0.25, 0.3) is 0 Å². The first-order valence-corrected chi connectivity index (χ1v) is 6.00. The van der Waals surface area contributed by atoms with Crippen LogP contribution in [0.3, 0.4) is 0 Å². The van der Waals surface area contributed by atoms with E-state index in [1.54, 1.807) is 6.07 Å². The van der Waals surface area contributed by atoms with Gasteiger partial charge in [0.1, 0.15) is 5.82 Å². The molecule has 18 heavy (non-hydrogen) atoms. The number of carbonyl (C=O) groups is 1. The van der Waals surface area contributed by atoms with Crippen LogP contribution in [0.1, 0.15) is 16.1 Å². The predicted octanol–water partition coefficient (Wildman–Crippen LogP) is 2.55. The van der Waals surface area contributed by atoms with Crippen LogP contribution in [0.4, 0.5) is 5.82 Å². The van der Waals surface area contributed by atoms with E-state index in [2.05, 4.69) is 31.4 Å². The molecule has 6 heteroatoms. The zero-order valence-corrected chi connectivity index (χ0v) is 10.9. The van der Waals surface area contributed by atoms with Gasteiger partial charge in [-0.1, -0.05) is 34.1 Å². The Morgan fingerprint density at radius 1 is 1.22 bits per heavy atom. The van der Waals surface area contributed by atoms with Crippen molar-refractivity contribution in [2.45, 2.75) is 6.54 Å². The molecule has 0 aliphatic heterocycles. The molecule has 0 atom stereocenters. The zero-order chi connectivity index (χ0) is 13.0. The molecule has 1 heterocycles. The molecule has 0 saturated heterocycles. The SMILES string of the molecule is O=C(O)c1ccc(NCc2ccccc2Br)nn1. The summed E-state index contributed by atoms with van der Waals surface area (Å²) in [5, 5.41) is 19.1. The third-order valence-corrected chi connectivity index (χ3v) is 3.08. The largest absolute Gasteiger partial charge is 0.476 e. The lowest BCUT2D eigenvalue weighted by atomic mass is 10.2. The van der Waals surface area contributed by atoms with Gasteiger partial charge in [-0.15, -0.1) is 10.2 Å². The maximum absolute atomic E-state index is 10.6. The zero-order valence-electron chi connectivity index (χ0n) is 9.30. The van der Waals surface area contributed by atoms with E-state index in [1.165, 1.54) is 6.07 Å². The lowest BCUT2D eigenvalue weighted by Crippen LogP contribution is -2.06. The van der Waals surface area contributed by atoms with Gasteiger partial charge in [-0.05, 0) is 23.8 Å². The van der Waals surface area contributed by atoms with Gasteiger partial charge in [-0.3, -0.25) is 0 Å². The van der Waals surface area contributed by atoms with Crippen LogP contribution < -0.4 is 5.32 Å². The second kappa shape index (κ2) is 5.59. The fraction of sp³-hybridized carbons (Fsp3) is 0.0833. The molecule has 0 aliphatic carbocycles. The quantitative estimate of drug-likeness (QED) is 0.908. The van der Waals surface area contributed by atoms with Gasteiger partial charge >= 0.3 is 5.97 Å². The Balaban J connectivity index is 2.02. The van der Waals surface area contributed by atoms with Gasteiger partial charge in [0.25, 0.3) is 0 Å². The number of carboxylic acid groups (broad SMARTS) is 1. The summed E-state index contributed by atoms with van der Waals surface area (Å²) in [6, 6.07) is 10.8. The molecule has 0 spiro atoms. The Bertz CT molecular complexity index is 558. The molecule has 0 amide bonds. The van der Waals surface area contributed by atoms with Gasteiger partial charge < -0.3 is 10.4 Å². The van der Waals surface area contributed by atoms with E-state index in [-0.39, 0.29) is 5.69 Å². The van der Waals surface area contributed by atoms with Crippen molar-refractivity contribution in [3.05, 3.63) is 52.1 Å². The van der Waals surface area contributed by atoms with Crippen molar-refractivity contribution in [1.82, 2.24) is 10.2 Å². The molecule has 1 aromatic carbocycles. The predicted molar refractivity (Wildman–Crippen MR) is 70.5 cm³/mol. The molecule has 0 fully saturated rings. The lowest BCUT2D eigenvalue weighted by Gasteiger charge is -2.06. The fourth-order valence-electron chi connectivity index (χ4n) is 1.37. The van der Waals surface area contributed by atoms with Crippen molar-refractivity contribution < 1.29 is 9.90 Å². The number of nitrogens with one attached hydrogen (secondary N) is 1. The summed E-state index contributed by atoms with van der Waals surface area (Å²) in [5.41, 5.74) is 1.02. The summed E-state index contributed by atoms with van der Waals surface area (Å²) in [6.07, 6.45) is 0. The third kappa shape index (κ3) is 3.04. The molecule has 0 unspecified atom stereocenters.